The standard InChI is InChI=1S/C20H17Cl2N3O4S2/c21-14-3-6-16(17(22)11-14)18-12-30-20(23-18)24-19(26)13-1-4-15(5-2-13)31(27,28)25-7-9-29-10-8-25/h1-6,11-12H,7-10H2,(H,23,24,26). The zero-order chi connectivity index (χ0) is 22.0. The predicted molar refractivity (Wildman–Crippen MR) is 122 cm³/mol. The fourth-order valence-electron chi connectivity index (χ4n) is 3.04. The number of morpholine rings is 1. The highest BCUT2D eigenvalue weighted by Crippen LogP contribution is 2.32. The summed E-state index contributed by atoms with van der Waals surface area (Å²) in [5, 5.41) is 5.89. The van der Waals surface area contributed by atoms with Gasteiger partial charge in [-0.2, -0.15) is 4.31 Å². The molecule has 2 aromatic carbocycles. The molecule has 2 heterocycles. The Bertz CT molecular complexity index is 1210. The molecule has 31 heavy (non-hydrogen) atoms. The summed E-state index contributed by atoms with van der Waals surface area (Å²) in [4.78, 5) is 17.1. The normalized spacial score (nSPS) is 15.0. The van der Waals surface area contributed by atoms with Crippen LogP contribution in [0.25, 0.3) is 11.3 Å². The van der Waals surface area contributed by atoms with Gasteiger partial charge in [0.25, 0.3) is 5.91 Å². The fourth-order valence-corrected chi connectivity index (χ4v) is 5.65. The number of carbonyl (C=O) groups is 1. The third kappa shape index (κ3) is 4.92. The van der Waals surface area contributed by atoms with Gasteiger partial charge in [0, 0.05) is 34.6 Å². The molecule has 1 aromatic heterocycles. The second-order valence-corrected chi connectivity index (χ2v) is 10.3. The molecule has 1 saturated heterocycles. The van der Waals surface area contributed by atoms with E-state index in [-0.39, 0.29) is 4.90 Å². The molecule has 1 aliphatic rings. The average molecular weight is 498 g/mol. The quantitative estimate of drug-likeness (QED) is 0.564. The Morgan fingerprint density at radius 2 is 1.81 bits per heavy atom. The molecule has 1 N–H and O–H groups in total. The Morgan fingerprint density at radius 3 is 2.48 bits per heavy atom. The zero-order valence-electron chi connectivity index (χ0n) is 16.0. The average Bonchev–Trinajstić information content (AvgIpc) is 3.22. The molecule has 0 saturated carbocycles. The van der Waals surface area contributed by atoms with Crippen molar-refractivity contribution in [2.75, 3.05) is 31.6 Å². The summed E-state index contributed by atoms with van der Waals surface area (Å²) in [6, 6.07) is 10.9. The van der Waals surface area contributed by atoms with Crippen LogP contribution in [-0.2, 0) is 14.8 Å². The van der Waals surface area contributed by atoms with Crippen LogP contribution in [0.2, 0.25) is 10.0 Å². The van der Waals surface area contributed by atoms with Crippen LogP contribution in [-0.4, -0.2) is 49.9 Å². The number of sulfonamides is 1. The van der Waals surface area contributed by atoms with Gasteiger partial charge in [0.2, 0.25) is 10.0 Å². The Kier molecular flexibility index (Phi) is 6.61. The molecular formula is C20H17Cl2N3O4S2. The van der Waals surface area contributed by atoms with E-state index in [1.807, 2.05) is 0 Å². The van der Waals surface area contributed by atoms with Gasteiger partial charge in [-0.3, -0.25) is 10.1 Å². The molecule has 11 heteroatoms. The fraction of sp³-hybridized carbons (Fsp3) is 0.200. The summed E-state index contributed by atoms with van der Waals surface area (Å²) in [7, 11) is -3.61. The van der Waals surface area contributed by atoms with E-state index in [0.717, 1.165) is 0 Å². The lowest BCUT2D eigenvalue weighted by atomic mass is 10.2. The molecule has 0 spiro atoms. The molecule has 0 bridgehead atoms. The number of nitrogens with one attached hydrogen (secondary N) is 1. The van der Waals surface area contributed by atoms with Gasteiger partial charge < -0.3 is 4.74 Å². The molecule has 0 aliphatic carbocycles. The lowest BCUT2D eigenvalue weighted by Gasteiger charge is -2.26. The number of aromatic nitrogens is 1. The number of ether oxygens (including phenoxy) is 1. The summed E-state index contributed by atoms with van der Waals surface area (Å²) >= 11 is 13.4. The SMILES string of the molecule is O=C(Nc1nc(-c2ccc(Cl)cc2Cl)cs1)c1ccc(S(=O)(=O)N2CCOCC2)cc1. The van der Waals surface area contributed by atoms with Gasteiger partial charge in [-0.15, -0.1) is 11.3 Å². The third-order valence-electron chi connectivity index (χ3n) is 4.66. The molecular weight excluding hydrogens is 481 g/mol. The van der Waals surface area contributed by atoms with Gasteiger partial charge in [-0.05, 0) is 42.5 Å². The van der Waals surface area contributed by atoms with E-state index < -0.39 is 15.9 Å². The molecule has 1 fully saturated rings. The molecule has 4 rings (SSSR count). The predicted octanol–water partition coefficient (Wildman–Crippen LogP) is 4.39. The maximum Gasteiger partial charge on any atom is 0.257 e. The van der Waals surface area contributed by atoms with E-state index in [1.54, 1.807) is 23.6 Å². The number of hydrogen-bond acceptors (Lipinski definition) is 6. The second kappa shape index (κ2) is 9.23. The van der Waals surface area contributed by atoms with Gasteiger partial charge in [0.1, 0.15) is 0 Å². The minimum Gasteiger partial charge on any atom is -0.379 e. The molecule has 0 radical (unpaired) electrons. The minimum absolute atomic E-state index is 0.139. The maximum absolute atomic E-state index is 12.7. The summed E-state index contributed by atoms with van der Waals surface area (Å²) in [5.41, 5.74) is 1.65. The van der Waals surface area contributed by atoms with Gasteiger partial charge >= 0.3 is 0 Å². The Hall–Kier alpha value is -2.01. The van der Waals surface area contributed by atoms with Crippen LogP contribution in [0.1, 0.15) is 10.4 Å². The van der Waals surface area contributed by atoms with Gasteiger partial charge in [-0.25, -0.2) is 13.4 Å². The number of carbonyl (C=O) groups excluding carboxylic acids is 1. The first-order chi connectivity index (χ1) is 14.8. The lowest BCUT2D eigenvalue weighted by molar-refractivity contribution is 0.0730. The van der Waals surface area contributed by atoms with Crippen molar-refractivity contribution < 1.29 is 17.9 Å². The van der Waals surface area contributed by atoms with Crippen LogP contribution in [0.4, 0.5) is 5.13 Å². The minimum atomic E-state index is -3.61. The monoisotopic (exact) mass is 497 g/mol. The van der Waals surface area contributed by atoms with E-state index in [0.29, 0.717) is 58.3 Å². The van der Waals surface area contributed by atoms with Crippen LogP contribution in [0.3, 0.4) is 0 Å². The Balaban J connectivity index is 1.46. The van der Waals surface area contributed by atoms with Gasteiger partial charge in [0.05, 0.1) is 28.8 Å². The van der Waals surface area contributed by atoms with E-state index in [9.17, 15) is 13.2 Å². The highest BCUT2D eigenvalue weighted by atomic mass is 35.5. The van der Waals surface area contributed by atoms with Crippen LogP contribution in [0.15, 0.2) is 52.7 Å². The smallest absolute Gasteiger partial charge is 0.257 e. The molecule has 162 valence electrons. The first kappa shape index (κ1) is 22.2. The molecule has 1 amide bonds. The van der Waals surface area contributed by atoms with Gasteiger partial charge in [-0.1, -0.05) is 23.2 Å². The first-order valence-electron chi connectivity index (χ1n) is 9.25. The Morgan fingerprint density at radius 1 is 1.10 bits per heavy atom. The van der Waals surface area contributed by atoms with Crippen LogP contribution in [0, 0.1) is 0 Å². The number of nitrogens with zero attached hydrogens (tertiary/aromatic N) is 2. The van der Waals surface area contributed by atoms with E-state index in [4.69, 9.17) is 27.9 Å². The highest BCUT2D eigenvalue weighted by Gasteiger charge is 2.26. The first-order valence-corrected chi connectivity index (χ1v) is 12.3. The van der Waals surface area contributed by atoms with E-state index in [2.05, 4.69) is 10.3 Å². The second-order valence-electron chi connectivity index (χ2n) is 6.66. The van der Waals surface area contributed by atoms with Crippen LogP contribution >= 0.6 is 34.5 Å². The summed E-state index contributed by atoms with van der Waals surface area (Å²) in [6.07, 6.45) is 0. The zero-order valence-corrected chi connectivity index (χ0v) is 19.2. The summed E-state index contributed by atoms with van der Waals surface area (Å²) in [5.74, 6) is -0.390. The van der Waals surface area contributed by atoms with Crippen molar-refractivity contribution in [1.29, 1.82) is 0 Å². The van der Waals surface area contributed by atoms with Crippen molar-refractivity contribution in [3.63, 3.8) is 0 Å². The maximum atomic E-state index is 12.7. The van der Waals surface area contributed by atoms with E-state index >= 15 is 0 Å². The lowest BCUT2D eigenvalue weighted by Crippen LogP contribution is -2.40. The highest BCUT2D eigenvalue weighted by molar-refractivity contribution is 7.89. The number of amides is 1. The van der Waals surface area contributed by atoms with Crippen molar-refractivity contribution in [2.24, 2.45) is 0 Å². The van der Waals surface area contributed by atoms with Crippen molar-refractivity contribution in [2.45, 2.75) is 4.90 Å². The largest absolute Gasteiger partial charge is 0.379 e. The molecule has 0 atom stereocenters. The van der Waals surface area contributed by atoms with Crippen molar-refractivity contribution in [3.8, 4) is 11.3 Å². The van der Waals surface area contributed by atoms with Gasteiger partial charge in [0.15, 0.2) is 5.13 Å². The number of anilines is 1. The van der Waals surface area contributed by atoms with Crippen LogP contribution in [0.5, 0.6) is 0 Å². The number of thiazole rings is 1. The molecule has 7 nitrogen and oxygen atoms in total. The third-order valence-corrected chi connectivity index (χ3v) is 7.87. The summed E-state index contributed by atoms with van der Waals surface area (Å²) in [6.45, 7) is 1.37. The van der Waals surface area contributed by atoms with E-state index in [1.165, 1.54) is 39.9 Å². The number of hydrogen-bond donors (Lipinski definition) is 1. The van der Waals surface area contributed by atoms with Crippen molar-refractivity contribution in [3.05, 3.63) is 63.5 Å². The van der Waals surface area contributed by atoms with Crippen molar-refractivity contribution in [1.82, 2.24) is 9.29 Å². The number of benzene rings is 2. The van der Waals surface area contributed by atoms with Crippen LogP contribution < -0.4 is 5.32 Å². The molecule has 1 aliphatic heterocycles. The number of rotatable bonds is 5. The van der Waals surface area contributed by atoms with Crippen molar-refractivity contribution >= 4 is 55.6 Å². The molecule has 3 aromatic rings. The summed E-state index contributed by atoms with van der Waals surface area (Å²) < 4.78 is 32.0. The topological polar surface area (TPSA) is 88.6 Å². The molecule has 0 unspecified atom stereocenters. The number of halogens is 2. The Labute approximate surface area is 193 Å².